The van der Waals surface area contributed by atoms with Crippen LogP contribution in [0.1, 0.15) is 11.1 Å². The molecule has 11 aromatic carbocycles. The van der Waals surface area contributed by atoms with E-state index in [1.165, 1.54) is 71.6 Å². The summed E-state index contributed by atoms with van der Waals surface area (Å²) in [7, 11) is 0. The fourth-order valence-corrected chi connectivity index (χ4v) is 10.2. The van der Waals surface area contributed by atoms with Gasteiger partial charge in [-0.15, -0.1) is 0 Å². The molecule has 310 valence electrons. The predicted molar refractivity (Wildman–Crippen MR) is 277 cm³/mol. The maximum absolute atomic E-state index is 9.56. The van der Waals surface area contributed by atoms with E-state index in [0.717, 1.165) is 44.9 Å². The zero-order valence-corrected chi connectivity index (χ0v) is 36.4. The summed E-state index contributed by atoms with van der Waals surface area (Å²) in [6, 6.07) is 88.2. The van der Waals surface area contributed by atoms with Gasteiger partial charge in [0.15, 0.2) is 0 Å². The Balaban J connectivity index is 1.02. The molecular weight excluding hydrogens is 811 g/mol. The molecule has 3 nitrogen and oxygen atoms in total. The lowest BCUT2D eigenvalue weighted by Crippen LogP contribution is -2.10. The molecule has 0 fully saturated rings. The molecule has 0 N–H and O–H groups in total. The predicted octanol–water partition coefficient (Wildman–Crippen LogP) is 17.2. The summed E-state index contributed by atoms with van der Waals surface area (Å²) in [4.78, 5) is 2.30. The van der Waals surface area contributed by atoms with Gasteiger partial charge in [0.05, 0.1) is 23.3 Å². The molecule has 0 atom stereocenters. The third-order valence-electron chi connectivity index (χ3n) is 13.2. The van der Waals surface area contributed by atoms with E-state index in [9.17, 15) is 10.5 Å². The van der Waals surface area contributed by atoms with Crippen molar-refractivity contribution >= 4 is 38.6 Å². The molecule has 0 amide bonds. The average Bonchev–Trinajstić information content (AvgIpc) is 3.73. The van der Waals surface area contributed by atoms with Gasteiger partial charge in [-0.25, -0.2) is 0 Å². The minimum Gasteiger partial charge on any atom is -0.310 e. The normalized spacial score (nSPS) is 11.3. The van der Waals surface area contributed by atoms with E-state index in [4.69, 9.17) is 0 Å². The van der Waals surface area contributed by atoms with Crippen molar-refractivity contribution in [2.45, 2.75) is 0 Å². The van der Waals surface area contributed by atoms with Crippen LogP contribution in [0, 0.1) is 22.7 Å². The number of para-hydroxylation sites is 1. The van der Waals surface area contributed by atoms with Crippen molar-refractivity contribution < 1.29 is 0 Å². The maximum Gasteiger partial charge on any atom is 0.0991 e. The van der Waals surface area contributed by atoms with Crippen molar-refractivity contribution in [3.63, 3.8) is 0 Å². The number of nitriles is 2. The lowest BCUT2D eigenvalue weighted by atomic mass is 9.82. The average molecular weight is 850 g/mol. The molecule has 0 aliphatic heterocycles. The van der Waals surface area contributed by atoms with Crippen molar-refractivity contribution in [1.29, 1.82) is 10.5 Å². The SMILES string of the molecule is N#Cc1ccc(-c2cc(-c3ccc(C#N)cc3)cc(N(c3ccccc3)c3ccc(-c4ccc5c6c(cccc46)-c4c-5c(-c5ccccc5)c5ccccc5c4-c4ccccc4)cc3)c2)cc1. The second kappa shape index (κ2) is 16.4. The molecule has 0 radical (unpaired) electrons. The first-order valence-electron chi connectivity index (χ1n) is 22.5. The number of anilines is 3. The summed E-state index contributed by atoms with van der Waals surface area (Å²) in [5, 5.41) is 24.1. The summed E-state index contributed by atoms with van der Waals surface area (Å²) < 4.78 is 0. The molecule has 0 unspecified atom stereocenters. The van der Waals surface area contributed by atoms with Gasteiger partial charge in [0.2, 0.25) is 0 Å². The van der Waals surface area contributed by atoms with Crippen LogP contribution in [0.3, 0.4) is 0 Å². The molecular formula is C64H39N3. The van der Waals surface area contributed by atoms with E-state index in [1.807, 2.05) is 54.6 Å². The quantitative estimate of drug-likeness (QED) is 0.153. The van der Waals surface area contributed by atoms with Crippen molar-refractivity contribution in [2.75, 3.05) is 4.90 Å². The largest absolute Gasteiger partial charge is 0.310 e. The third kappa shape index (κ3) is 6.74. The highest BCUT2D eigenvalue weighted by atomic mass is 15.1. The Morgan fingerprint density at radius 2 is 0.701 bits per heavy atom. The monoisotopic (exact) mass is 849 g/mol. The number of nitrogens with zero attached hydrogens (tertiary/aromatic N) is 3. The number of rotatable bonds is 8. The van der Waals surface area contributed by atoms with Crippen LogP contribution in [0.2, 0.25) is 0 Å². The van der Waals surface area contributed by atoms with Crippen LogP contribution in [-0.2, 0) is 0 Å². The zero-order chi connectivity index (χ0) is 44.8. The molecule has 0 saturated carbocycles. The lowest BCUT2D eigenvalue weighted by Gasteiger charge is -2.27. The molecule has 11 aromatic rings. The standard InChI is InChI=1S/C64H39N3/c65-40-42-23-27-44(28-24-42)49-37-50(45-29-25-43(41-66)26-30-45)39-53(38-49)67(51-17-8-3-9-18-51)52-33-31-46(32-34-52)54-35-36-59-62-55(54)21-12-22-58(62)63-60(47-13-4-1-5-14-47)56-19-10-11-20-57(56)61(64(59)63)48-15-6-2-7-16-48/h1-39H. The zero-order valence-electron chi connectivity index (χ0n) is 36.4. The number of hydrogen-bond acceptors (Lipinski definition) is 3. The molecule has 0 heterocycles. The van der Waals surface area contributed by atoms with Crippen LogP contribution >= 0.6 is 0 Å². The minimum absolute atomic E-state index is 0.616. The highest BCUT2D eigenvalue weighted by Crippen LogP contribution is 2.58. The van der Waals surface area contributed by atoms with E-state index in [1.54, 1.807) is 0 Å². The Morgan fingerprint density at radius 1 is 0.269 bits per heavy atom. The fourth-order valence-electron chi connectivity index (χ4n) is 10.2. The smallest absolute Gasteiger partial charge is 0.0991 e. The van der Waals surface area contributed by atoms with Gasteiger partial charge < -0.3 is 4.90 Å². The van der Waals surface area contributed by atoms with Crippen molar-refractivity contribution in [3.8, 4) is 90.0 Å². The van der Waals surface area contributed by atoms with Gasteiger partial charge in [-0.1, -0.05) is 170 Å². The Bertz CT molecular complexity index is 3600. The maximum atomic E-state index is 9.56. The number of fused-ring (bicyclic) bond motifs is 4. The van der Waals surface area contributed by atoms with E-state index in [2.05, 4.69) is 199 Å². The van der Waals surface area contributed by atoms with Gasteiger partial charge in [0.1, 0.15) is 0 Å². The van der Waals surface area contributed by atoms with Gasteiger partial charge in [-0.3, -0.25) is 0 Å². The molecule has 12 rings (SSSR count). The van der Waals surface area contributed by atoms with Gasteiger partial charge in [-0.05, 0) is 166 Å². The highest BCUT2D eigenvalue weighted by Gasteiger charge is 2.31. The van der Waals surface area contributed by atoms with Crippen molar-refractivity contribution in [2.24, 2.45) is 0 Å². The Labute approximate surface area is 390 Å². The van der Waals surface area contributed by atoms with E-state index >= 15 is 0 Å². The molecule has 0 saturated heterocycles. The van der Waals surface area contributed by atoms with E-state index < -0.39 is 0 Å². The Morgan fingerprint density at radius 3 is 1.22 bits per heavy atom. The van der Waals surface area contributed by atoms with Crippen LogP contribution in [-0.4, -0.2) is 0 Å². The van der Waals surface area contributed by atoms with Gasteiger partial charge in [-0.2, -0.15) is 10.5 Å². The van der Waals surface area contributed by atoms with E-state index in [0.29, 0.717) is 11.1 Å². The highest BCUT2D eigenvalue weighted by molar-refractivity contribution is 6.28. The second-order valence-electron chi connectivity index (χ2n) is 17.0. The molecule has 3 heteroatoms. The van der Waals surface area contributed by atoms with Gasteiger partial charge in [0, 0.05) is 17.1 Å². The first kappa shape index (κ1) is 39.3. The molecule has 1 aliphatic rings. The van der Waals surface area contributed by atoms with Crippen LogP contribution in [0.25, 0.3) is 99.4 Å². The Hall–Kier alpha value is -9.28. The summed E-state index contributed by atoms with van der Waals surface area (Å²) >= 11 is 0. The van der Waals surface area contributed by atoms with Crippen LogP contribution in [0.4, 0.5) is 17.1 Å². The molecule has 1 aliphatic carbocycles. The molecule has 0 bridgehead atoms. The van der Waals surface area contributed by atoms with Crippen LogP contribution < -0.4 is 4.90 Å². The van der Waals surface area contributed by atoms with Crippen LogP contribution in [0.5, 0.6) is 0 Å². The summed E-state index contributed by atoms with van der Waals surface area (Å²) in [5.74, 6) is 0. The van der Waals surface area contributed by atoms with Crippen molar-refractivity contribution in [3.05, 3.63) is 248 Å². The molecule has 67 heavy (non-hydrogen) atoms. The summed E-state index contributed by atoms with van der Waals surface area (Å²) in [6.07, 6.45) is 0. The number of hydrogen-bond donors (Lipinski definition) is 0. The van der Waals surface area contributed by atoms with Gasteiger partial charge >= 0.3 is 0 Å². The van der Waals surface area contributed by atoms with Crippen LogP contribution in [0.15, 0.2) is 237 Å². The summed E-state index contributed by atoms with van der Waals surface area (Å²) in [6.45, 7) is 0. The lowest BCUT2D eigenvalue weighted by molar-refractivity contribution is 1.28. The molecule has 0 spiro atoms. The van der Waals surface area contributed by atoms with Crippen molar-refractivity contribution in [1.82, 2.24) is 0 Å². The minimum atomic E-state index is 0.616. The van der Waals surface area contributed by atoms with E-state index in [-0.39, 0.29) is 0 Å². The topological polar surface area (TPSA) is 50.8 Å². The second-order valence-corrected chi connectivity index (χ2v) is 17.0. The molecule has 0 aromatic heterocycles. The summed E-state index contributed by atoms with van der Waals surface area (Å²) in [5.41, 5.74) is 20.7. The first-order valence-corrected chi connectivity index (χ1v) is 22.5. The third-order valence-corrected chi connectivity index (χ3v) is 13.2. The van der Waals surface area contributed by atoms with Gasteiger partial charge in [0.25, 0.3) is 0 Å². The Kier molecular flexibility index (Phi) is 9.61. The first-order chi connectivity index (χ1) is 33.1. The number of benzene rings is 11. The fraction of sp³-hybridized carbons (Fsp3) is 0.